The Morgan fingerprint density at radius 1 is 1.09 bits per heavy atom. The third kappa shape index (κ3) is 3.77. The lowest BCUT2D eigenvalue weighted by Crippen LogP contribution is -2.21. The van der Waals surface area contributed by atoms with E-state index in [4.69, 9.17) is 16.9 Å². The van der Waals surface area contributed by atoms with Crippen LogP contribution in [0.5, 0.6) is 0 Å². The number of hydrogen-bond donors (Lipinski definition) is 0. The zero-order chi connectivity index (χ0) is 17.0. The monoisotopic (exact) mass is 346 g/mol. The van der Waals surface area contributed by atoms with Crippen molar-refractivity contribution in [2.45, 2.75) is 4.90 Å². The van der Waals surface area contributed by atoms with Crippen LogP contribution in [-0.2, 0) is 9.84 Å². The molecule has 0 saturated heterocycles. The predicted molar refractivity (Wildman–Crippen MR) is 83.0 cm³/mol. The van der Waals surface area contributed by atoms with Crippen molar-refractivity contribution in [1.82, 2.24) is 0 Å². The molecule has 0 spiro atoms. The van der Waals surface area contributed by atoms with E-state index in [-0.39, 0.29) is 10.5 Å². The van der Waals surface area contributed by atoms with Gasteiger partial charge in [0.05, 0.1) is 10.9 Å². The molecule has 0 saturated carbocycles. The number of carboxylic acid groups (broad SMARTS) is 1. The van der Waals surface area contributed by atoms with E-state index in [1.54, 1.807) is 6.07 Å². The molecule has 2 rings (SSSR count). The van der Waals surface area contributed by atoms with Gasteiger partial charge in [-0.05, 0) is 41.5 Å². The van der Waals surface area contributed by atoms with Gasteiger partial charge in [0, 0.05) is 5.02 Å². The summed E-state index contributed by atoms with van der Waals surface area (Å²) in [7, 11) is -3.98. The first-order chi connectivity index (χ1) is 10.8. The number of rotatable bonds is 4. The zero-order valence-corrected chi connectivity index (χ0v) is 13.1. The first-order valence-corrected chi connectivity index (χ1v) is 8.14. The van der Waals surface area contributed by atoms with Crippen molar-refractivity contribution >= 4 is 33.5 Å². The zero-order valence-electron chi connectivity index (χ0n) is 11.6. The summed E-state index contributed by atoms with van der Waals surface area (Å²) in [4.78, 5) is 10.2. The van der Waals surface area contributed by atoms with Crippen molar-refractivity contribution in [2.24, 2.45) is 0 Å². The summed E-state index contributed by atoms with van der Waals surface area (Å²) in [6.07, 6.45) is 1.17. The Labute approximate surface area is 138 Å². The second kappa shape index (κ2) is 6.65. The van der Waals surface area contributed by atoms with Gasteiger partial charge in [-0.3, -0.25) is 0 Å². The molecule has 0 amide bonds. The van der Waals surface area contributed by atoms with Crippen LogP contribution in [0.4, 0.5) is 0 Å². The van der Waals surface area contributed by atoms with Gasteiger partial charge in [-0.25, -0.2) is 8.42 Å². The highest BCUT2D eigenvalue weighted by molar-refractivity contribution is 7.95. The molecule has 2 aromatic carbocycles. The summed E-state index contributed by atoms with van der Waals surface area (Å²) >= 11 is 5.72. The number of hydrogen-bond acceptors (Lipinski definition) is 5. The van der Waals surface area contributed by atoms with Gasteiger partial charge in [0.2, 0.25) is 9.84 Å². The molecule has 0 bridgehead atoms. The summed E-state index contributed by atoms with van der Waals surface area (Å²) in [6.45, 7) is 0. The van der Waals surface area contributed by atoms with Crippen LogP contribution in [0, 0.1) is 11.3 Å². The molecule has 0 aromatic heterocycles. The Morgan fingerprint density at radius 3 is 2.13 bits per heavy atom. The van der Waals surface area contributed by atoms with E-state index in [9.17, 15) is 18.3 Å². The van der Waals surface area contributed by atoms with Crippen LogP contribution in [0.2, 0.25) is 5.02 Å². The maximum atomic E-state index is 12.4. The van der Waals surface area contributed by atoms with Gasteiger partial charge in [0.25, 0.3) is 0 Å². The van der Waals surface area contributed by atoms with Crippen molar-refractivity contribution in [3.05, 3.63) is 69.6 Å². The van der Waals surface area contributed by atoms with Crippen molar-refractivity contribution in [3.8, 4) is 6.07 Å². The first kappa shape index (κ1) is 16.7. The summed E-state index contributed by atoms with van der Waals surface area (Å²) in [6, 6.07) is 12.4. The molecule has 0 fully saturated rings. The molecular formula is C16H9ClNO4S-. The maximum absolute atomic E-state index is 12.4. The molecule has 0 heterocycles. The highest BCUT2D eigenvalue weighted by Crippen LogP contribution is 2.22. The highest BCUT2D eigenvalue weighted by Gasteiger charge is 2.20. The fraction of sp³-hybridized carbons (Fsp3) is 0. The second-order valence-corrected chi connectivity index (χ2v) is 6.84. The number of benzene rings is 2. The van der Waals surface area contributed by atoms with Gasteiger partial charge in [0.15, 0.2) is 0 Å². The molecule has 5 nitrogen and oxygen atoms in total. The minimum atomic E-state index is -3.98. The SMILES string of the molecule is N#CC(=Cc1ccc(C(=O)[O-])cc1)S(=O)(=O)c1ccc(Cl)cc1. The number of allylic oxidation sites excluding steroid dienone is 1. The smallest absolute Gasteiger partial charge is 0.216 e. The van der Waals surface area contributed by atoms with Gasteiger partial charge >= 0.3 is 0 Å². The molecule has 0 aliphatic heterocycles. The molecule has 0 aliphatic rings. The van der Waals surface area contributed by atoms with Gasteiger partial charge in [-0.2, -0.15) is 5.26 Å². The number of halogens is 1. The number of aromatic carboxylic acids is 1. The van der Waals surface area contributed by atoms with Crippen LogP contribution < -0.4 is 5.11 Å². The van der Waals surface area contributed by atoms with E-state index in [1.165, 1.54) is 54.6 Å². The number of nitriles is 1. The Hall–Kier alpha value is -2.62. The largest absolute Gasteiger partial charge is 0.545 e. The van der Waals surface area contributed by atoms with Crippen LogP contribution in [0.1, 0.15) is 15.9 Å². The molecule has 7 heteroatoms. The third-order valence-electron chi connectivity index (χ3n) is 2.97. The van der Waals surface area contributed by atoms with E-state index in [0.717, 1.165) is 0 Å². The lowest BCUT2D eigenvalue weighted by Gasteiger charge is -2.05. The fourth-order valence-corrected chi connectivity index (χ4v) is 3.06. The Bertz CT molecular complexity index is 908. The van der Waals surface area contributed by atoms with E-state index in [1.807, 2.05) is 0 Å². The summed E-state index contributed by atoms with van der Waals surface area (Å²) in [5.41, 5.74) is 0.338. The average molecular weight is 347 g/mol. The first-order valence-electron chi connectivity index (χ1n) is 6.28. The van der Waals surface area contributed by atoms with Crippen LogP contribution in [0.15, 0.2) is 58.3 Å². The van der Waals surface area contributed by atoms with Crippen molar-refractivity contribution < 1.29 is 18.3 Å². The fourth-order valence-electron chi connectivity index (χ4n) is 1.78. The standard InChI is InChI=1S/C16H10ClNO4S/c17-13-5-7-14(8-6-13)23(21,22)15(10-18)9-11-1-3-12(4-2-11)16(19)20/h1-9H,(H,19,20)/p-1. The Kier molecular flexibility index (Phi) is 4.84. The van der Waals surface area contributed by atoms with E-state index < -0.39 is 20.7 Å². The topological polar surface area (TPSA) is 98.1 Å². The number of carbonyl (C=O) groups is 1. The summed E-state index contributed by atoms with van der Waals surface area (Å²) in [5, 5.41) is 20.2. The molecule has 2 aromatic rings. The predicted octanol–water partition coefficient (Wildman–Crippen LogP) is 2.04. The third-order valence-corrected chi connectivity index (χ3v) is 4.90. The molecule has 0 atom stereocenters. The van der Waals surface area contributed by atoms with Crippen molar-refractivity contribution in [3.63, 3.8) is 0 Å². The molecule has 0 unspecified atom stereocenters. The quantitative estimate of drug-likeness (QED) is 0.789. The Morgan fingerprint density at radius 2 is 1.65 bits per heavy atom. The minimum Gasteiger partial charge on any atom is -0.545 e. The number of sulfone groups is 1. The molecule has 116 valence electrons. The van der Waals surface area contributed by atoms with Gasteiger partial charge < -0.3 is 9.90 Å². The van der Waals surface area contributed by atoms with Gasteiger partial charge in [0.1, 0.15) is 11.0 Å². The van der Waals surface area contributed by atoms with Crippen molar-refractivity contribution in [1.29, 1.82) is 5.26 Å². The number of carbonyl (C=O) groups excluding carboxylic acids is 1. The van der Waals surface area contributed by atoms with Crippen molar-refractivity contribution in [2.75, 3.05) is 0 Å². The number of nitrogens with zero attached hydrogens (tertiary/aromatic N) is 1. The lowest BCUT2D eigenvalue weighted by atomic mass is 10.1. The van der Waals surface area contributed by atoms with E-state index >= 15 is 0 Å². The highest BCUT2D eigenvalue weighted by atomic mass is 35.5. The average Bonchev–Trinajstić information content (AvgIpc) is 2.53. The lowest BCUT2D eigenvalue weighted by molar-refractivity contribution is -0.255. The van der Waals surface area contributed by atoms with Gasteiger partial charge in [-0.1, -0.05) is 35.9 Å². The normalized spacial score (nSPS) is 11.7. The van der Waals surface area contributed by atoms with E-state index in [2.05, 4.69) is 0 Å². The molecule has 0 aliphatic carbocycles. The van der Waals surface area contributed by atoms with Crippen LogP contribution in [0.3, 0.4) is 0 Å². The molecule has 0 radical (unpaired) electrons. The van der Waals surface area contributed by atoms with E-state index in [0.29, 0.717) is 10.6 Å². The second-order valence-electron chi connectivity index (χ2n) is 4.49. The molecule has 0 N–H and O–H groups in total. The van der Waals surface area contributed by atoms with Crippen LogP contribution in [-0.4, -0.2) is 14.4 Å². The molecule has 23 heavy (non-hydrogen) atoms. The summed E-state index contributed by atoms with van der Waals surface area (Å²) < 4.78 is 24.8. The summed E-state index contributed by atoms with van der Waals surface area (Å²) in [5.74, 6) is -1.34. The van der Waals surface area contributed by atoms with Gasteiger partial charge in [-0.15, -0.1) is 0 Å². The van der Waals surface area contributed by atoms with Crippen LogP contribution in [0.25, 0.3) is 6.08 Å². The Balaban J connectivity index is 2.44. The molecular weight excluding hydrogens is 338 g/mol. The maximum Gasteiger partial charge on any atom is 0.216 e. The van der Waals surface area contributed by atoms with Crippen LogP contribution >= 0.6 is 11.6 Å². The number of carboxylic acids is 1. The minimum absolute atomic E-state index is 0.0405.